The summed E-state index contributed by atoms with van der Waals surface area (Å²) in [6.45, 7) is -0.723. The Bertz CT molecular complexity index is 772. The maximum Gasteiger partial charge on any atom is 0.324 e. The molecule has 0 bridgehead atoms. The van der Waals surface area contributed by atoms with Crippen molar-refractivity contribution >= 4 is 33.3 Å². The molecular weight excluding hydrogens is 318 g/mol. The summed E-state index contributed by atoms with van der Waals surface area (Å²) >= 11 is 5.84. The summed E-state index contributed by atoms with van der Waals surface area (Å²) in [5.41, 5.74) is 0.163. The molecule has 0 saturated carbocycles. The highest BCUT2D eigenvalue weighted by molar-refractivity contribution is 7.92. The minimum absolute atomic E-state index is 0.163. The zero-order valence-corrected chi connectivity index (χ0v) is 12.5. The van der Waals surface area contributed by atoms with E-state index in [1.807, 2.05) is 0 Å². The molecule has 0 spiro atoms. The van der Waals surface area contributed by atoms with Gasteiger partial charge in [-0.3, -0.25) is 9.10 Å². The Morgan fingerprint density at radius 2 is 2.19 bits per heavy atom. The Kier molecular flexibility index (Phi) is 4.19. The smallest absolute Gasteiger partial charge is 0.324 e. The number of rotatable bonds is 5. The van der Waals surface area contributed by atoms with Gasteiger partial charge in [0.05, 0.1) is 12.0 Å². The number of sulfonamides is 1. The first-order valence-corrected chi connectivity index (χ1v) is 7.60. The zero-order chi connectivity index (χ0) is 15.6. The van der Waals surface area contributed by atoms with Crippen LogP contribution >= 0.6 is 11.6 Å². The highest BCUT2D eigenvalue weighted by atomic mass is 35.5. The number of aromatic nitrogens is 2. The lowest BCUT2D eigenvalue weighted by Crippen LogP contribution is -2.36. The molecule has 1 aromatic heterocycles. The molecule has 0 radical (unpaired) electrons. The molecule has 2 aromatic rings. The second-order valence-electron chi connectivity index (χ2n) is 4.26. The van der Waals surface area contributed by atoms with Crippen molar-refractivity contribution in [1.82, 2.24) is 9.55 Å². The van der Waals surface area contributed by atoms with Crippen molar-refractivity contribution in [3.05, 3.63) is 41.8 Å². The first-order valence-electron chi connectivity index (χ1n) is 5.79. The van der Waals surface area contributed by atoms with E-state index in [4.69, 9.17) is 16.7 Å². The predicted octanol–water partition coefficient (Wildman–Crippen LogP) is 1.35. The van der Waals surface area contributed by atoms with Gasteiger partial charge in [0.2, 0.25) is 0 Å². The molecule has 0 unspecified atom stereocenters. The highest BCUT2D eigenvalue weighted by Gasteiger charge is 2.29. The quantitative estimate of drug-likeness (QED) is 0.894. The van der Waals surface area contributed by atoms with Gasteiger partial charge in [0.1, 0.15) is 6.54 Å². The summed E-state index contributed by atoms with van der Waals surface area (Å²) in [6.07, 6.45) is 2.62. The molecular formula is C12H12ClN3O4S. The van der Waals surface area contributed by atoms with Crippen LogP contribution in [0.4, 0.5) is 5.69 Å². The van der Waals surface area contributed by atoms with Crippen LogP contribution in [0.5, 0.6) is 0 Å². The molecule has 0 saturated heterocycles. The Hall–Kier alpha value is -2.06. The Morgan fingerprint density at radius 3 is 2.71 bits per heavy atom. The SMILES string of the molecule is Cn1cnc(S(=O)(=O)N(CC(=O)O)c2cccc(Cl)c2)c1. The van der Waals surface area contributed by atoms with Gasteiger partial charge in [-0.2, -0.15) is 8.42 Å². The fourth-order valence-electron chi connectivity index (χ4n) is 1.70. The topological polar surface area (TPSA) is 92.5 Å². The summed E-state index contributed by atoms with van der Waals surface area (Å²) < 4.78 is 27.3. The van der Waals surface area contributed by atoms with E-state index in [0.29, 0.717) is 5.02 Å². The number of halogens is 1. The van der Waals surface area contributed by atoms with Crippen molar-refractivity contribution < 1.29 is 18.3 Å². The maximum absolute atomic E-state index is 12.5. The number of nitrogens with zero attached hydrogens (tertiary/aromatic N) is 3. The monoisotopic (exact) mass is 329 g/mol. The van der Waals surface area contributed by atoms with Crippen LogP contribution < -0.4 is 4.31 Å². The van der Waals surface area contributed by atoms with E-state index in [2.05, 4.69) is 4.98 Å². The third-order valence-corrected chi connectivity index (χ3v) is 4.51. The molecule has 2 rings (SSSR count). The van der Waals surface area contributed by atoms with Crippen molar-refractivity contribution in [2.24, 2.45) is 7.05 Å². The number of carboxylic acid groups (broad SMARTS) is 1. The molecule has 0 atom stereocenters. The first-order chi connectivity index (χ1) is 9.80. The minimum Gasteiger partial charge on any atom is -0.480 e. The number of aryl methyl sites for hydroxylation is 1. The predicted molar refractivity (Wildman–Crippen MR) is 76.8 cm³/mol. The summed E-state index contributed by atoms with van der Waals surface area (Å²) in [5.74, 6) is -1.28. The molecule has 0 amide bonds. The van der Waals surface area contributed by atoms with E-state index in [0.717, 1.165) is 4.31 Å². The summed E-state index contributed by atoms with van der Waals surface area (Å²) in [6, 6.07) is 5.96. The molecule has 1 aromatic carbocycles. The largest absolute Gasteiger partial charge is 0.480 e. The summed E-state index contributed by atoms with van der Waals surface area (Å²) in [4.78, 5) is 14.8. The van der Waals surface area contributed by atoms with Crippen LogP contribution in [0.3, 0.4) is 0 Å². The third-order valence-electron chi connectivity index (χ3n) is 2.61. The van der Waals surface area contributed by atoms with E-state index < -0.39 is 22.5 Å². The lowest BCUT2D eigenvalue weighted by atomic mass is 10.3. The molecule has 0 aliphatic heterocycles. The fourth-order valence-corrected chi connectivity index (χ4v) is 3.27. The van der Waals surface area contributed by atoms with Crippen molar-refractivity contribution in [3.63, 3.8) is 0 Å². The van der Waals surface area contributed by atoms with Crippen LogP contribution in [-0.2, 0) is 21.9 Å². The van der Waals surface area contributed by atoms with Gasteiger partial charge in [-0.05, 0) is 18.2 Å². The van der Waals surface area contributed by atoms with Crippen LogP contribution in [0.1, 0.15) is 0 Å². The number of anilines is 1. The van der Waals surface area contributed by atoms with Gasteiger partial charge in [-0.15, -0.1) is 0 Å². The molecule has 9 heteroatoms. The third kappa shape index (κ3) is 3.34. The average Bonchev–Trinajstić information content (AvgIpc) is 2.83. The van der Waals surface area contributed by atoms with Crippen LogP contribution in [0.25, 0.3) is 0 Å². The number of carbonyl (C=O) groups is 1. The molecule has 0 aliphatic carbocycles. The second kappa shape index (κ2) is 5.74. The number of carboxylic acids is 1. The minimum atomic E-state index is -4.08. The molecule has 112 valence electrons. The summed E-state index contributed by atoms with van der Waals surface area (Å²) in [7, 11) is -2.47. The summed E-state index contributed by atoms with van der Waals surface area (Å²) in [5, 5.41) is 9.04. The molecule has 0 fully saturated rings. The Balaban J connectivity index is 2.52. The number of aliphatic carboxylic acids is 1. The van der Waals surface area contributed by atoms with E-state index in [-0.39, 0.29) is 10.7 Å². The number of imidazole rings is 1. The molecule has 7 nitrogen and oxygen atoms in total. The normalized spacial score (nSPS) is 11.3. The second-order valence-corrected chi connectivity index (χ2v) is 6.51. The lowest BCUT2D eigenvalue weighted by Gasteiger charge is -2.21. The highest BCUT2D eigenvalue weighted by Crippen LogP contribution is 2.25. The standard InChI is InChI=1S/C12H12ClN3O4S/c1-15-6-11(14-8-15)21(19,20)16(7-12(17)18)10-4-2-3-9(13)5-10/h2-6,8H,7H2,1H3,(H,17,18). The van der Waals surface area contributed by atoms with E-state index in [9.17, 15) is 13.2 Å². The van der Waals surface area contributed by atoms with Crippen molar-refractivity contribution in [3.8, 4) is 0 Å². The maximum atomic E-state index is 12.5. The average molecular weight is 330 g/mol. The van der Waals surface area contributed by atoms with Crippen LogP contribution in [0.2, 0.25) is 5.02 Å². The molecule has 21 heavy (non-hydrogen) atoms. The van der Waals surface area contributed by atoms with Gasteiger partial charge in [-0.1, -0.05) is 17.7 Å². The van der Waals surface area contributed by atoms with E-state index in [1.54, 1.807) is 19.2 Å². The molecule has 0 aliphatic rings. The zero-order valence-electron chi connectivity index (χ0n) is 11.0. The van der Waals surface area contributed by atoms with Gasteiger partial charge in [0.25, 0.3) is 10.0 Å². The number of benzene rings is 1. The van der Waals surface area contributed by atoms with Crippen molar-refractivity contribution in [2.45, 2.75) is 5.03 Å². The number of hydrogen-bond acceptors (Lipinski definition) is 4. The van der Waals surface area contributed by atoms with E-state index in [1.165, 1.54) is 29.2 Å². The van der Waals surface area contributed by atoms with Gasteiger partial charge < -0.3 is 9.67 Å². The van der Waals surface area contributed by atoms with E-state index >= 15 is 0 Å². The Labute approximate surface area is 126 Å². The fraction of sp³-hybridized carbons (Fsp3) is 0.167. The van der Waals surface area contributed by atoms with Crippen molar-refractivity contribution in [1.29, 1.82) is 0 Å². The van der Waals surface area contributed by atoms with Gasteiger partial charge in [0.15, 0.2) is 5.03 Å². The van der Waals surface area contributed by atoms with Gasteiger partial charge >= 0.3 is 5.97 Å². The molecule has 1 heterocycles. The van der Waals surface area contributed by atoms with Crippen LogP contribution in [0.15, 0.2) is 41.8 Å². The van der Waals surface area contributed by atoms with Crippen LogP contribution in [0, 0.1) is 0 Å². The van der Waals surface area contributed by atoms with Gasteiger partial charge in [-0.25, -0.2) is 4.98 Å². The molecule has 1 N–H and O–H groups in total. The number of hydrogen-bond donors (Lipinski definition) is 1. The Morgan fingerprint density at radius 1 is 1.48 bits per heavy atom. The first kappa shape index (κ1) is 15.3. The van der Waals surface area contributed by atoms with Crippen molar-refractivity contribution in [2.75, 3.05) is 10.8 Å². The van der Waals surface area contributed by atoms with Crippen LogP contribution in [-0.4, -0.2) is 35.6 Å². The van der Waals surface area contributed by atoms with Gasteiger partial charge in [0, 0.05) is 18.3 Å². The lowest BCUT2D eigenvalue weighted by molar-refractivity contribution is -0.135.